The first-order chi connectivity index (χ1) is 37.5. The highest BCUT2D eigenvalue weighted by Gasteiger charge is 2.47. The molecule has 5 N–H and O–H groups in total. The summed E-state index contributed by atoms with van der Waals surface area (Å²) in [7, 11) is -2.08. The van der Waals surface area contributed by atoms with E-state index in [0.717, 1.165) is 72.7 Å². The van der Waals surface area contributed by atoms with E-state index >= 15 is 4.39 Å². The number of amides is 3. The Hall–Kier alpha value is -7.04. The van der Waals surface area contributed by atoms with Crippen LogP contribution in [-0.2, 0) is 49.3 Å². The number of oxime groups is 1. The van der Waals surface area contributed by atoms with Gasteiger partial charge in [-0.3, -0.25) is 19.2 Å². The zero-order valence-electron chi connectivity index (χ0n) is 45.5. The van der Waals surface area contributed by atoms with E-state index in [2.05, 4.69) is 36.1 Å². The minimum Gasteiger partial charge on any atom is -0.391 e. The maximum Gasteiger partial charge on any atom is 0.274 e. The van der Waals surface area contributed by atoms with Gasteiger partial charge < -0.3 is 45.2 Å². The fraction of sp³-hybridized carbons (Fsp3) is 0.456. The molecule has 420 valence electrons. The number of anilines is 2. The van der Waals surface area contributed by atoms with Crippen molar-refractivity contribution in [2.24, 2.45) is 17.6 Å². The normalized spacial score (nSPS) is 18.4. The van der Waals surface area contributed by atoms with Crippen LogP contribution in [0.3, 0.4) is 0 Å². The van der Waals surface area contributed by atoms with Crippen molar-refractivity contribution < 1.29 is 41.5 Å². The highest BCUT2D eigenvalue weighted by atomic mass is 32.2. The number of sulfone groups is 1. The number of aliphatic hydroxyl groups is 1. The maximum atomic E-state index is 15.6. The second kappa shape index (κ2) is 23.0. The van der Waals surface area contributed by atoms with Crippen molar-refractivity contribution in [3.63, 3.8) is 0 Å². The fourth-order valence-corrected chi connectivity index (χ4v) is 12.5. The number of aryl methyl sites for hydroxylation is 2. The van der Waals surface area contributed by atoms with Crippen molar-refractivity contribution in [3.05, 3.63) is 117 Å². The van der Waals surface area contributed by atoms with Gasteiger partial charge in [-0.05, 0) is 54.0 Å². The standard InChI is InChI=1S/C57H68F2N10O8S2/c1-33-49(78-32-63-33)34-17-19-37(20-18-34)57(5)65-51(66-77-57)45-24-39(70)29-69(45)55(74)50(56(2,3)4)64-46(71)16-14-12-10-8-9-11-13-15-21-60-53(72)40-25-44-41(22-35(40)31-79(7,75)76)42-30-67(6)54(73)48-47(42)36(26-61-48)28-68(44)52-43(59)23-38(58)27-62-52/h17-20,22-23,25-27,30,32,39,45,50,61,70H,8-16,21,24,28-29,31H2,1-7H3,(H,60,72)(H,64,71)(H,65,66)/t39-,45?,50?,57-/m1/s1. The van der Waals surface area contributed by atoms with E-state index in [1.807, 2.05) is 64.4 Å². The number of carbonyl (C=O) groups is 3. The molecule has 3 amide bonds. The third-order valence-corrected chi connectivity index (χ3v) is 16.8. The number of likely N-dealkylation sites (tertiary alicyclic amines) is 1. The molecule has 79 heavy (non-hydrogen) atoms. The third kappa shape index (κ3) is 12.4. The molecule has 6 aromatic rings. The summed E-state index contributed by atoms with van der Waals surface area (Å²) >= 11 is 1.58. The van der Waals surface area contributed by atoms with Gasteiger partial charge in [0.15, 0.2) is 27.3 Å². The molecule has 0 bridgehead atoms. The number of hydrogen-bond donors (Lipinski definition) is 5. The second-order valence-corrected chi connectivity index (χ2v) is 25.3. The topological polar surface area (TPSA) is 233 Å². The third-order valence-electron chi connectivity index (χ3n) is 15.0. The molecule has 9 rings (SSSR count). The Bertz CT molecular complexity index is 3500. The highest BCUT2D eigenvalue weighted by Crippen LogP contribution is 2.45. The van der Waals surface area contributed by atoms with Gasteiger partial charge in [-0.2, -0.15) is 0 Å². The van der Waals surface area contributed by atoms with Crippen molar-refractivity contribution in [3.8, 4) is 21.6 Å². The van der Waals surface area contributed by atoms with Crippen LogP contribution in [0.5, 0.6) is 0 Å². The summed E-state index contributed by atoms with van der Waals surface area (Å²) in [5, 5.41) is 25.1. The summed E-state index contributed by atoms with van der Waals surface area (Å²) in [6.45, 7) is 9.96. The van der Waals surface area contributed by atoms with Gasteiger partial charge >= 0.3 is 0 Å². The lowest BCUT2D eigenvalue weighted by molar-refractivity contribution is -0.139. The summed E-state index contributed by atoms with van der Waals surface area (Å²) in [6.07, 6.45) is 11.6. The number of thiazole rings is 1. The lowest BCUT2D eigenvalue weighted by Gasteiger charge is -2.35. The van der Waals surface area contributed by atoms with Gasteiger partial charge in [0.1, 0.15) is 17.4 Å². The summed E-state index contributed by atoms with van der Waals surface area (Å²) in [4.78, 5) is 76.6. The summed E-state index contributed by atoms with van der Waals surface area (Å²) in [5.41, 5.74) is 5.27. The zero-order valence-corrected chi connectivity index (χ0v) is 47.2. The van der Waals surface area contributed by atoms with Crippen LogP contribution in [0.2, 0.25) is 0 Å². The molecule has 1 saturated heterocycles. The molecule has 4 aromatic heterocycles. The van der Waals surface area contributed by atoms with Gasteiger partial charge in [0.2, 0.25) is 17.5 Å². The number of fused-ring (bicyclic) bond motifs is 2. The first-order valence-electron chi connectivity index (χ1n) is 26.7. The van der Waals surface area contributed by atoms with Crippen LogP contribution >= 0.6 is 11.3 Å². The van der Waals surface area contributed by atoms with E-state index < -0.39 is 62.5 Å². The van der Waals surface area contributed by atoms with Crippen molar-refractivity contribution in [2.45, 2.75) is 135 Å². The molecule has 18 nitrogen and oxygen atoms in total. The van der Waals surface area contributed by atoms with E-state index in [4.69, 9.17) is 4.84 Å². The highest BCUT2D eigenvalue weighted by molar-refractivity contribution is 7.89. The second-order valence-electron chi connectivity index (χ2n) is 22.3. The number of nitrogens with one attached hydrogen (secondary N) is 4. The first-order valence-corrected chi connectivity index (χ1v) is 29.7. The van der Waals surface area contributed by atoms with Gasteiger partial charge in [-0.1, -0.05) is 88.7 Å². The van der Waals surface area contributed by atoms with Crippen molar-refractivity contribution in [1.29, 1.82) is 0 Å². The predicted molar refractivity (Wildman–Crippen MR) is 300 cm³/mol. The molecule has 2 aromatic carbocycles. The average molecular weight is 1120 g/mol. The summed E-state index contributed by atoms with van der Waals surface area (Å²) in [6, 6.07) is 10.4. The minimum absolute atomic E-state index is 0.00261. The van der Waals surface area contributed by atoms with Crippen LogP contribution in [0, 0.1) is 24.0 Å². The molecule has 0 radical (unpaired) electrons. The number of unbranched alkanes of at least 4 members (excludes halogenated alkanes) is 7. The van der Waals surface area contributed by atoms with Gasteiger partial charge in [0, 0.05) is 92.3 Å². The van der Waals surface area contributed by atoms with E-state index in [1.165, 1.54) is 15.5 Å². The minimum atomic E-state index is -3.67. The van der Waals surface area contributed by atoms with Crippen LogP contribution in [0.4, 0.5) is 20.3 Å². The van der Waals surface area contributed by atoms with E-state index in [1.54, 1.807) is 41.7 Å². The number of β-amino-alcohol motifs (C(OH)–C–C–N with tert-alkyl or cyclic N) is 1. The molecule has 0 aliphatic carbocycles. The van der Waals surface area contributed by atoms with Crippen molar-refractivity contribution >= 4 is 67.1 Å². The number of rotatable bonds is 20. The molecule has 0 spiro atoms. The van der Waals surface area contributed by atoms with Gasteiger partial charge in [0.05, 0.1) is 52.4 Å². The molecule has 7 heterocycles. The molecular weight excluding hydrogens is 1050 g/mol. The van der Waals surface area contributed by atoms with Crippen LogP contribution in [0.1, 0.15) is 125 Å². The Morgan fingerprint density at radius 1 is 1.00 bits per heavy atom. The number of carbonyl (C=O) groups excluding carboxylic acids is 3. The number of pyridine rings is 2. The molecule has 22 heteroatoms. The Morgan fingerprint density at radius 3 is 2.38 bits per heavy atom. The Morgan fingerprint density at radius 2 is 1.71 bits per heavy atom. The Kier molecular flexibility index (Phi) is 16.5. The van der Waals surface area contributed by atoms with Crippen LogP contribution in [0.25, 0.3) is 32.5 Å². The molecule has 3 aliphatic heterocycles. The zero-order chi connectivity index (χ0) is 56.6. The number of nitrogens with zero attached hydrogens (tertiary/aromatic N) is 6. The number of hydrogen-bond acceptors (Lipinski definition) is 14. The maximum absolute atomic E-state index is 15.6. The number of aliphatic hydroxyl groups excluding tert-OH is 1. The van der Waals surface area contributed by atoms with E-state index in [-0.39, 0.29) is 60.2 Å². The molecule has 2 unspecified atom stereocenters. The number of H-pyrrole nitrogens is 1. The lowest BCUT2D eigenvalue weighted by Crippen LogP contribution is -2.58. The summed E-state index contributed by atoms with van der Waals surface area (Å²) in [5.74, 6) is -3.10. The number of benzene rings is 2. The quantitative estimate of drug-likeness (QED) is 0.0454. The first kappa shape index (κ1) is 56.7. The monoisotopic (exact) mass is 1120 g/mol. The smallest absolute Gasteiger partial charge is 0.274 e. The predicted octanol–water partition coefficient (Wildman–Crippen LogP) is 8.37. The number of halogens is 2. The van der Waals surface area contributed by atoms with Crippen LogP contribution < -0.4 is 26.4 Å². The van der Waals surface area contributed by atoms with Crippen molar-refractivity contribution in [2.75, 3.05) is 24.2 Å². The molecule has 4 atom stereocenters. The largest absolute Gasteiger partial charge is 0.391 e. The molecule has 3 aliphatic rings. The Balaban J connectivity index is 0.741. The van der Waals surface area contributed by atoms with Crippen molar-refractivity contribution in [1.82, 2.24) is 40.4 Å². The Labute approximate surface area is 462 Å². The number of amidine groups is 1. The van der Waals surface area contributed by atoms with Gasteiger partial charge in [-0.15, -0.1) is 11.3 Å². The molecule has 1 fully saturated rings. The number of aromatic amines is 1. The van der Waals surface area contributed by atoms with E-state index in [0.29, 0.717) is 64.6 Å². The average Bonchev–Trinajstić information content (AvgIpc) is 4.41. The van der Waals surface area contributed by atoms with Gasteiger partial charge in [0.25, 0.3) is 11.5 Å². The van der Waals surface area contributed by atoms with Crippen LogP contribution in [0.15, 0.2) is 76.5 Å². The SMILES string of the molecule is Cc1ncsc1-c1ccc([C@]2(C)NC(C3C[C@@H](O)CN3C(=O)C(NC(=O)CCCCCCCCCCNC(=O)c3cc4c(cc3CS(C)(=O)=O)-c3cn(C)c(=O)c5[nH]cc(c35)CN4c3ncc(F)cc3F)C(C)(C)C)=NO2)cc1. The van der Waals surface area contributed by atoms with Crippen LogP contribution in [-0.4, -0.2) is 99.0 Å². The molecule has 0 saturated carbocycles. The lowest BCUT2D eigenvalue weighted by atomic mass is 9.85. The molecular formula is C57H68F2N10O8S2. The van der Waals surface area contributed by atoms with E-state index in [9.17, 15) is 37.1 Å². The van der Waals surface area contributed by atoms with Gasteiger partial charge in [-0.25, -0.2) is 27.2 Å². The summed E-state index contributed by atoms with van der Waals surface area (Å²) < 4.78 is 56.7. The number of aromatic nitrogens is 4. The fourth-order valence-electron chi connectivity index (χ4n) is 10.8.